The van der Waals surface area contributed by atoms with E-state index in [0.29, 0.717) is 5.69 Å². The van der Waals surface area contributed by atoms with Crippen LogP contribution in [0.2, 0.25) is 0 Å². The van der Waals surface area contributed by atoms with Gasteiger partial charge in [0.15, 0.2) is 9.84 Å². The van der Waals surface area contributed by atoms with Crippen molar-refractivity contribution in [2.75, 3.05) is 11.1 Å². The number of hydrogen-bond acceptors (Lipinski definition) is 3. The number of benzene rings is 2. The number of carbonyl (C=O) groups is 1. The zero-order valence-electron chi connectivity index (χ0n) is 14.5. The third kappa shape index (κ3) is 5.39. The van der Waals surface area contributed by atoms with E-state index in [1.54, 1.807) is 12.1 Å². The first-order chi connectivity index (χ1) is 11.6. The van der Waals surface area contributed by atoms with Crippen molar-refractivity contribution in [3.63, 3.8) is 0 Å². The molecule has 4 nitrogen and oxygen atoms in total. The largest absolute Gasteiger partial charge is 0.326 e. The molecule has 6 heteroatoms. The molecule has 0 aromatic heterocycles. The van der Waals surface area contributed by atoms with Gasteiger partial charge in [-0.2, -0.15) is 0 Å². The molecule has 1 amide bonds. The van der Waals surface area contributed by atoms with E-state index in [1.165, 1.54) is 12.1 Å². The third-order valence-electron chi connectivity index (χ3n) is 3.81. The number of carbonyl (C=O) groups excluding carboxylic acids is 1. The molecular formula is C19H22FNO3S. The van der Waals surface area contributed by atoms with Gasteiger partial charge in [-0.25, -0.2) is 12.8 Å². The Morgan fingerprint density at radius 3 is 2.08 bits per heavy atom. The van der Waals surface area contributed by atoms with Crippen molar-refractivity contribution in [3.8, 4) is 0 Å². The highest BCUT2D eigenvalue weighted by molar-refractivity contribution is 7.91. The van der Waals surface area contributed by atoms with Crippen LogP contribution in [0.1, 0.15) is 32.8 Å². The summed E-state index contributed by atoms with van der Waals surface area (Å²) in [4.78, 5) is 12.0. The zero-order valence-corrected chi connectivity index (χ0v) is 15.4. The number of hydrogen-bond donors (Lipinski definition) is 1. The molecule has 0 aliphatic rings. The summed E-state index contributed by atoms with van der Waals surface area (Å²) in [6.45, 7) is 6.29. The average molecular weight is 363 g/mol. The summed E-state index contributed by atoms with van der Waals surface area (Å²) in [5, 5.41) is 2.69. The SMILES string of the molecule is CC(C)(C)c1ccc(NC(=O)CCS(=O)(=O)c2ccc(F)cc2)cc1. The molecule has 0 radical (unpaired) electrons. The molecule has 0 fully saturated rings. The maximum Gasteiger partial charge on any atom is 0.225 e. The Morgan fingerprint density at radius 2 is 1.56 bits per heavy atom. The summed E-state index contributed by atoms with van der Waals surface area (Å²) >= 11 is 0. The zero-order chi connectivity index (χ0) is 18.7. The van der Waals surface area contributed by atoms with E-state index < -0.39 is 15.7 Å². The quantitative estimate of drug-likeness (QED) is 0.819. The minimum Gasteiger partial charge on any atom is -0.326 e. The fraction of sp³-hybridized carbons (Fsp3) is 0.316. The molecule has 0 unspecified atom stereocenters. The molecule has 0 saturated carbocycles. The van der Waals surface area contributed by atoms with Crippen molar-refractivity contribution in [3.05, 3.63) is 59.9 Å². The van der Waals surface area contributed by atoms with Gasteiger partial charge in [0.05, 0.1) is 10.6 Å². The summed E-state index contributed by atoms with van der Waals surface area (Å²) < 4.78 is 37.2. The van der Waals surface area contributed by atoms with E-state index >= 15 is 0 Å². The maximum atomic E-state index is 12.9. The first kappa shape index (κ1) is 19.1. The van der Waals surface area contributed by atoms with Crippen LogP contribution in [0.3, 0.4) is 0 Å². The normalized spacial score (nSPS) is 12.0. The highest BCUT2D eigenvalue weighted by Crippen LogP contribution is 2.23. The third-order valence-corrected chi connectivity index (χ3v) is 5.54. The monoisotopic (exact) mass is 363 g/mol. The number of rotatable bonds is 5. The number of amides is 1. The van der Waals surface area contributed by atoms with Gasteiger partial charge in [-0.05, 0) is 47.4 Å². The summed E-state index contributed by atoms with van der Waals surface area (Å²) in [7, 11) is -3.62. The Morgan fingerprint density at radius 1 is 1.00 bits per heavy atom. The molecule has 1 N–H and O–H groups in total. The fourth-order valence-corrected chi connectivity index (χ4v) is 3.50. The predicted molar refractivity (Wildman–Crippen MR) is 96.8 cm³/mol. The minimum absolute atomic E-state index is 0.0104. The van der Waals surface area contributed by atoms with Gasteiger partial charge in [0.1, 0.15) is 5.82 Å². The minimum atomic E-state index is -3.62. The molecule has 2 rings (SSSR count). The van der Waals surface area contributed by atoms with Crippen LogP contribution in [0.15, 0.2) is 53.4 Å². The van der Waals surface area contributed by atoms with Crippen molar-refractivity contribution in [2.24, 2.45) is 0 Å². The van der Waals surface area contributed by atoms with Gasteiger partial charge in [-0.1, -0.05) is 32.9 Å². The molecule has 0 atom stereocenters. The number of nitrogens with one attached hydrogen (secondary N) is 1. The van der Waals surface area contributed by atoms with Crippen LogP contribution in [0.4, 0.5) is 10.1 Å². The summed E-state index contributed by atoms with van der Waals surface area (Å²) in [5.41, 5.74) is 1.78. The van der Waals surface area contributed by atoms with Crippen LogP contribution < -0.4 is 5.32 Å². The highest BCUT2D eigenvalue weighted by Gasteiger charge is 2.17. The Balaban J connectivity index is 1.95. The topological polar surface area (TPSA) is 63.2 Å². The second-order valence-corrected chi connectivity index (χ2v) is 9.01. The van der Waals surface area contributed by atoms with E-state index in [-0.39, 0.29) is 28.4 Å². The lowest BCUT2D eigenvalue weighted by molar-refractivity contribution is -0.115. The Kier molecular flexibility index (Phi) is 5.62. The summed E-state index contributed by atoms with van der Waals surface area (Å²) in [6, 6.07) is 12.0. The second-order valence-electron chi connectivity index (χ2n) is 6.90. The molecule has 0 spiro atoms. The number of anilines is 1. The predicted octanol–water partition coefficient (Wildman–Crippen LogP) is 3.93. The Hall–Kier alpha value is -2.21. The van der Waals surface area contributed by atoms with Gasteiger partial charge in [0, 0.05) is 12.1 Å². The van der Waals surface area contributed by atoms with E-state index in [2.05, 4.69) is 26.1 Å². The molecule has 0 aliphatic carbocycles. The van der Waals surface area contributed by atoms with Gasteiger partial charge in [0.2, 0.25) is 5.91 Å². The second kappa shape index (κ2) is 7.35. The smallest absolute Gasteiger partial charge is 0.225 e. The first-order valence-electron chi connectivity index (χ1n) is 7.97. The summed E-state index contributed by atoms with van der Waals surface area (Å²) in [5.74, 6) is -1.21. The van der Waals surface area contributed by atoms with Crippen molar-refractivity contribution < 1.29 is 17.6 Å². The van der Waals surface area contributed by atoms with Crippen molar-refractivity contribution in [1.29, 1.82) is 0 Å². The number of halogens is 1. The first-order valence-corrected chi connectivity index (χ1v) is 9.62. The Bertz CT molecular complexity index is 836. The van der Waals surface area contributed by atoms with E-state index in [1.807, 2.05) is 12.1 Å². The van der Waals surface area contributed by atoms with E-state index in [4.69, 9.17) is 0 Å². The van der Waals surface area contributed by atoms with E-state index in [9.17, 15) is 17.6 Å². The van der Waals surface area contributed by atoms with Gasteiger partial charge in [-0.15, -0.1) is 0 Å². The lowest BCUT2D eigenvalue weighted by Gasteiger charge is -2.19. The van der Waals surface area contributed by atoms with Crippen LogP contribution in [-0.2, 0) is 20.0 Å². The molecule has 0 aliphatic heterocycles. The lowest BCUT2D eigenvalue weighted by atomic mass is 9.87. The Labute approximate surface area is 148 Å². The van der Waals surface area contributed by atoms with Crippen molar-refractivity contribution >= 4 is 21.4 Å². The van der Waals surface area contributed by atoms with Gasteiger partial charge >= 0.3 is 0 Å². The molecule has 25 heavy (non-hydrogen) atoms. The highest BCUT2D eigenvalue weighted by atomic mass is 32.2. The van der Waals surface area contributed by atoms with Crippen LogP contribution >= 0.6 is 0 Å². The molecule has 0 bridgehead atoms. The van der Waals surface area contributed by atoms with E-state index in [0.717, 1.165) is 17.7 Å². The molecule has 2 aromatic rings. The molecule has 0 heterocycles. The standard InChI is InChI=1S/C19H22FNO3S/c1-19(2,3)14-4-8-16(9-5-14)21-18(22)12-13-25(23,24)17-10-6-15(20)7-11-17/h4-11H,12-13H2,1-3H3,(H,21,22). The van der Waals surface area contributed by atoms with Crippen LogP contribution in [0, 0.1) is 5.82 Å². The maximum absolute atomic E-state index is 12.9. The number of sulfone groups is 1. The molecule has 134 valence electrons. The van der Waals surface area contributed by atoms with Gasteiger partial charge in [0.25, 0.3) is 0 Å². The van der Waals surface area contributed by atoms with Gasteiger partial charge in [-0.3, -0.25) is 4.79 Å². The molecular weight excluding hydrogens is 341 g/mol. The van der Waals surface area contributed by atoms with Crippen LogP contribution in [0.5, 0.6) is 0 Å². The molecule has 2 aromatic carbocycles. The van der Waals surface area contributed by atoms with Crippen LogP contribution in [-0.4, -0.2) is 20.1 Å². The molecule has 0 saturated heterocycles. The lowest BCUT2D eigenvalue weighted by Crippen LogP contribution is -2.17. The van der Waals surface area contributed by atoms with Gasteiger partial charge < -0.3 is 5.32 Å². The van der Waals surface area contributed by atoms with Crippen molar-refractivity contribution in [1.82, 2.24) is 0 Å². The summed E-state index contributed by atoms with van der Waals surface area (Å²) in [6.07, 6.45) is -0.166. The van der Waals surface area contributed by atoms with Crippen LogP contribution in [0.25, 0.3) is 0 Å². The van der Waals surface area contributed by atoms with Crippen molar-refractivity contribution in [2.45, 2.75) is 37.5 Å². The average Bonchev–Trinajstić information content (AvgIpc) is 2.53. The fourth-order valence-electron chi connectivity index (χ4n) is 2.26.